The number of piperidine rings is 1. The normalized spacial score (nSPS) is 23.4. The summed E-state index contributed by atoms with van der Waals surface area (Å²) in [6.07, 6.45) is 9.61. The lowest BCUT2D eigenvalue weighted by atomic mass is 9.83. The Labute approximate surface area is 135 Å². The molecule has 0 aromatic rings. The number of hydrogen-bond donors (Lipinski definition) is 1. The van der Waals surface area contributed by atoms with Crippen molar-refractivity contribution >= 4 is 5.91 Å². The van der Waals surface area contributed by atoms with Crippen LogP contribution < -0.4 is 0 Å². The number of likely N-dealkylation sites (tertiary alicyclic amines) is 1. The highest BCUT2D eigenvalue weighted by Crippen LogP contribution is 2.30. The minimum Gasteiger partial charge on any atom is -0.389 e. The van der Waals surface area contributed by atoms with Crippen molar-refractivity contribution in [1.29, 1.82) is 0 Å². The highest BCUT2D eigenvalue weighted by Gasteiger charge is 2.34. The van der Waals surface area contributed by atoms with Crippen molar-refractivity contribution in [1.82, 2.24) is 9.80 Å². The first-order valence-corrected chi connectivity index (χ1v) is 9.24. The minimum absolute atomic E-state index is 0.194. The number of unbranched alkanes of at least 4 members (excludes halogenated alkanes) is 1. The molecule has 1 saturated heterocycles. The van der Waals surface area contributed by atoms with Crippen molar-refractivity contribution in [3.63, 3.8) is 0 Å². The average Bonchev–Trinajstić information content (AvgIpc) is 2.53. The molecule has 1 heterocycles. The van der Waals surface area contributed by atoms with Crippen molar-refractivity contribution in [2.24, 2.45) is 5.92 Å². The Balaban J connectivity index is 1.74. The first-order chi connectivity index (χ1) is 10.5. The Morgan fingerprint density at radius 1 is 1.23 bits per heavy atom. The summed E-state index contributed by atoms with van der Waals surface area (Å²) in [5.41, 5.74) is -0.465. The standard InChI is InChI=1S/C18H34N2O2/c1-3-4-12-19(2)17(21)16-8-13-20(14-9-16)15-18(22)10-6-5-7-11-18/h16,22H,3-15H2,1-2H3. The molecule has 1 N–H and O–H groups in total. The molecule has 1 saturated carbocycles. The predicted molar refractivity (Wildman–Crippen MR) is 89.7 cm³/mol. The molecule has 2 aliphatic rings. The van der Waals surface area contributed by atoms with Gasteiger partial charge in [0.2, 0.25) is 5.91 Å². The van der Waals surface area contributed by atoms with Crippen LogP contribution in [0.1, 0.15) is 64.7 Å². The monoisotopic (exact) mass is 310 g/mol. The maximum atomic E-state index is 12.4. The summed E-state index contributed by atoms with van der Waals surface area (Å²) in [7, 11) is 1.94. The van der Waals surface area contributed by atoms with Crippen LogP contribution in [0, 0.1) is 5.92 Å². The van der Waals surface area contributed by atoms with Crippen LogP contribution in [0.4, 0.5) is 0 Å². The number of β-amino-alcohol motifs (C(OH)–C–C–N with tert-alkyl or cyclic N) is 1. The van der Waals surface area contributed by atoms with Gasteiger partial charge in [-0.15, -0.1) is 0 Å². The van der Waals surface area contributed by atoms with Gasteiger partial charge in [-0.25, -0.2) is 0 Å². The maximum absolute atomic E-state index is 12.4. The fraction of sp³-hybridized carbons (Fsp3) is 0.944. The summed E-state index contributed by atoms with van der Waals surface area (Å²) in [6.45, 7) is 5.77. The highest BCUT2D eigenvalue weighted by atomic mass is 16.3. The van der Waals surface area contributed by atoms with E-state index in [1.807, 2.05) is 11.9 Å². The van der Waals surface area contributed by atoms with Crippen molar-refractivity contribution < 1.29 is 9.90 Å². The van der Waals surface area contributed by atoms with Crippen LogP contribution in [0.15, 0.2) is 0 Å². The zero-order valence-electron chi connectivity index (χ0n) is 14.5. The third kappa shape index (κ3) is 4.95. The molecule has 0 aromatic carbocycles. The summed E-state index contributed by atoms with van der Waals surface area (Å²) in [4.78, 5) is 16.7. The quantitative estimate of drug-likeness (QED) is 0.820. The third-order valence-electron chi connectivity index (χ3n) is 5.46. The van der Waals surface area contributed by atoms with Crippen LogP contribution in [-0.4, -0.2) is 59.6 Å². The van der Waals surface area contributed by atoms with E-state index < -0.39 is 5.60 Å². The lowest BCUT2D eigenvalue weighted by Crippen LogP contribution is -2.48. The molecule has 4 heteroatoms. The Morgan fingerprint density at radius 2 is 1.86 bits per heavy atom. The average molecular weight is 310 g/mol. The van der Waals surface area contributed by atoms with Gasteiger partial charge < -0.3 is 14.9 Å². The van der Waals surface area contributed by atoms with E-state index in [2.05, 4.69) is 11.8 Å². The minimum atomic E-state index is -0.465. The SMILES string of the molecule is CCCCN(C)C(=O)C1CCN(CC2(O)CCCCC2)CC1. The van der Waals surface area contributed by atoms with E-state index in [1.165, 1.54) is 6.42 Å². The van der Waals surface area contributed by atoms with E-state index >= 15 is 0 Å². The van der Waals surface area contributed by atoms with E-state index in [0.29, 0.717) is 5.91 Å². The molecule has 0 bridgehead atoms. The first-order valence-electron chi connectivity index (χ1n) is 9.24. The fourth-order valence-corrected chi connectivity index (χ4v) is 3.94. The topological polar surface area (TPSA) is 43.8 Å². The molecule has 128 valence electrons. The van der Waals surface area contributed by atoms with Gasteiger partial charge in [-0.05, 0) is 45.2 Å². The molecule has 2 rings (SSSR count). The van der Waals surface area contributed by atoms with E-state index in [9.17, 15) is 9.90 Å². The van der Waals surface area contributed by atoms with Crippen LogP contribution >= 0.6 is 0 Å². The van der Waals surface area contributed by atoms with Gasteiger partial charge in [0.05, 0.1) is 5.60 Å². The Bertz CT molecular complexity index is 345. The van der Waals surface area contributed by atoms with Gasteiger partial charge in [-0.2, -0.15) is 0 Å². The van der Waals surface area contributed by atoms with Crippen molar-refractivity contribution in [3.05, 3.63) is 0 Å². The molecule has 1 aliphatic carbocycles. The van der Waals surface area contributed by atoms with Crippen LogP contribution in [0.3, 0.4) is 0 Å². The molecule has 1 amide bonds. The summed E-state index contributed by atoms with van der Waals surface area (Å²) >= 11 is 0. The molecule has 4 nitrogen and oxygen atoms in total. The molecule has 2 fully saturated rings. The molecular weight excluding hydrogens is 276 g/mol. The molecule has 0 unspecified atom stereocenters. The second-order valence-electron chi connectivity index (χ2n) is 7.45. The number of rotatable bonds is 6. The largest absolute Gasteiger partial charge is 0.389 e. The van der Waals surface area contributed by atoms with Gasteiger partial charge in [0.15, 0.2) is 0 Å². The first kappa shape index (κ1) is 17.7. The lowest BCUT2D eigenvalue weighted by molar-refractivity contribution is -0.136. The fourth-order valence-electron chi connectivity index (χ4n) is 3.94. The number of carbonyl (C=O) groups is 1. The molecule has 0 atom stereocenters. The summed E-state index contributed by atoms with van der Waals surface area (Å²) in [5, 5.41) is 10.7. The molecule has 0 aromatic heterocycles. The number of amides is 1. The van der Waals surface area contributed by atoms with Crippen LogP contribution in [0.2, 0.25) is 0 Å². The van der Waals surface area contributed by atoms with E-state index in [-0.39, 0.29) is 5.92 Å². The summed E-state index contributed by atoms with van der Waals surface area (Å²) < 4.78 is 0. The number of hydrogen-bond acceptors (Lipinski definition) is 3. The summed E-state index contributed by atoms with van der Waals surface area (Å²) in [5.74, 6) is 0.517. The van der Waals surface area contributed by atoms with Gasteiger partial charge >= 0.3 is 0 Å². The number of carbonyl (C=O) groups excluding carboxylic acids is 1. The highest BCUT2D eigenvalue weighted by molar-refractivity contribution is 5.78. The molecule has 0 spiro atoms. The third-order valence-corrected chi connectivity index (χ3v) is 5.46. The maximum Gasteiger partial charge on any atom is 0.225 e. The Morgan fingerprint density at radius 3 is 2.45 bits per heavy atom. The van der Waals surface area contributed by atoms with Crippen LogP contribution in [0.5, 0.6) is 0 Å². The van der Waals surface area contributed by atoms with Gasteiger partial charge in [0.25, 0.3) is 0 Å². The van der Waals surface area contributed by atoms with Gasteiger partial charge in [0, 0.05) is 26.1 Å². The molecule has 1 aliphatic heterocycles. The van der Waals surface area contributed by atoms with Gasteiger partial charge in [-0.1, -0.05) is 32.6 Å². The van der Waals surface area contributed by atoms with Gasteiger partial charge in [0.1, 0.15) is 0 Å². The van der Waals surface area contributed by atoms with Crippen molar-refractivity contribution in [2.75, 3.05) is 33.2 Å². The van der Waals surface area contributed by atoms with Crippen LogP contribution in [-0.2, 0) is 4.79 Å². The van der Waals surface area contributed by atoms with Crippen LogP contribution in [0.25, 0.3) is 0 Å². The number of aliphatic hydroxyl groups is 1. The second kappa shape index (κ2) is 8.30. The van der Waals surface area contributed by atoms with E-state index in [0.717, 1.165) is 77.5 Å². The second-order valence-corrected chi connectivity index (χ2v) is 7.45. The summed E-state index contributed by atoms with van der Waals surface area (Å²) in [6, 6.07) is 0. The van der Waals surface area contributed by atoms with Crippen molar-refractivity contribution in [2.45, 2.75) is 70.3 Å². The van der Waals surface area contributed by atoms with Gasteiger partial charge in [-0.3, -0.25) is 4.79 Å². The molecule has 22 heavy (non-hydrogen) atoms. The molecular formula is C18H34N2O2. The lowest BCUT2D eigenvalue weighted by Gasteiger charge is -2.40. The smallest absolute Gasteiger partial charge is 0.225 e. The number of nitrogens with zero attached hydrogens (tertiary/aromatic N) is 2. The Kier molecular flexibility index (Phi) is 6.69. The molecule has 0 radical (unpaired) electrons. The Hall–Kier alpha value is -0.610. The van der Waals surface area contributed by atoms with E-state index in [4.69, 9.17) is 0 Å². The van der Waals surface area contributed by atoms with Crippen molar-refractivity contribution in [3.8, 4) is 0 Å². The zero-order valence-corrected chi connectivity index (χ0v) is 14.5. The van der Waals surface area contributed by atoms with E-state index in [1.54, 1.807) is 0 Å². The predicted octanol–water partition coefficient (Wildman–Crippen LogP) is 2.65. The zero-order chi connectivity index (χ0) is 16.0.